The molecule has 1 aromatic heterocycles. The van der Waals surface area contributed by atoms with Crippen LogP contribution in [-0.2, 0) is 19.8 Å². The lowest BCUT2D eigenvalue weighted by Crippen LogP contribution is -2.48. The summed E-state index contributed by atoms with van der Waals surface area (Å²) in [6.45, 7) is 2.60. The minimum atomic E-state index is -4.55. The highest BCUT2D eigenvalue weighted by atomic mass is 19.4. The Morgan fingerprint density at radius 2 is 1.79 bits per heavy atom. The minimum Gasteiger partial charge on any atom is -0.497 e. The first kappa shape index (κ1) is 21.0. The van der Waals surface area contributed by atoms with Crippen molar-refractivity contribution in [1.29, 1.82) is 0 Å². The molecular weight excluding hydrogens is 389 g/mol. The Kier molecular flexibility index (Phi) is 6.02. The number of alkyl halides is 3. The third kappa shape index (κ3) is 4.64. The molecule has 1 aliphatic heterocycles. The van der Waals surface area contributed by atoms with E-state index in [4.69, 9.17) is 9.47 Å². The standard InChI is InChI=1S/C19H23F3N4O3/c1-24-17(19(20,21)22)11-15(23-24)18(27)26-8-6-25(7-9-26)12-13-10-14(28-2)4-5-16(13)29-3/h4-5,10-11H,6-9,12H2,1-3H3. The number of methoxy groups -OCH3 is 2. The fourth-order valence-corrected chi connectivity index (χ4v) is 3.35. The van der Waals surface area contributed by atoms with Crippen LogP contribution in [0.3, 0.4) is 0 Å². The van der Waals surface area contributed by atoms with Crippen LogP contribution >= 0.6 is 0 Å². The number of rotatable bonds is 5. The monoisotopic (exact) mass is 412 g/mol. The first-order chi connectivity index (χ1) is 13.7. The molecule has 1 amide bonds. The molecule has 2 heterocycles. The zero-order valence-corrected chi connectivity index (χ0v) is 16.5. The summed E-state index contributed by atoms with van der Waals surface area (Å²) < 4.78 is 50.1. The summed E-state index contributed by atoms with van der Waals surface area (Å²) in [4.78, 5) is 16.3. The van der Waals surface area contributed by atoms with E-state index in [1.54, 1.807) is 14.2 Å². The topological polar surface area (TPSA) is 59.8 Å². The van der Waals surface area contributed by atoms with Crippen LogP contribution in [0.25, 0.3) is 0 Å². The maximum Gasteiger partial charge on any atom is 0.433 e. The molecule has 0 atom stereocenters. The molecule has 1 saturated heterocycles. The van der Waals surface area contributed by atoms with E-state index in [1.807, 2.05) is 18.2 Å². The second-order valence-electron chi connectivity index (χ2n) is 6.78. The van der Waals surface area contributed by atoms with Gasteiger partial charge in [0.25, 0.3) is 5.91 Å². The molecule has 0 bridgehead atoms. The Labute approximate surface area is 166 Å². The number of hydrogen-bond donors (Lipinski definition) is 0. The lowest BCUT2D eigenvalue weighted by Gasteiger charge is -2.34. The van der Waals surface area contributed by atoms with Crippen LogP contribution in [0.1, 0.15) is 21.7 Å². The molecule has 3 rings (SSSR count). The summed E-state index contributed by atoms with van der Waals surface area (Å²) in [7, 11) is 4.38. The van der Waals surface area contributed by atoms with Crippen LogP contribution < -0.4 is 9.47 Å². The van der Waals surface area contributed by atoms with E-state index in [9.17, 15) is 18.0 Å². The van der Waals surface area contributed by atoms with Crippen molar-refractivity contribution in [1.82, 2.24) is 19.6 Å². The van der Waals surface area contributed by atoms with Crippen molar-refractivity contribution < 1.29 is 27.4 Å². The molecule has 0 aliphatic carbocycles. The molecule has 29 heavy (non-hydrogen) atoms. The molecule has 1 fully saturated rings. The number of halogens is 3. The van der Waals surface area contributed by atoms with Gasteiger partial charge in [-0.3, -0.25) is 14.4 Å². The van der Waals surface area contributed by atoms with Crippen molar-refractivity contribution in [3.63, 3.8) is 0 Å². The second-order valence-corrected chi connectivity index (χ2v) is 6.78. The number of nitrogens with zero attached hydrogens (tertiary/aromatic N) is 4. The van der Waals surface area contributed by atoms with Crippen LogP contribution in [0, 0.1) is 0 Å². The van der Waals surface area contributed by atoms with Gasteiger partial charge in [0.15, 0.2) is 5.69 Å². The molecule has 0 spiro atoms. The van der Waals surface area contributed by atoms with Gasteiger partial charge in [-0.25, -0.2) is 0 Å². The Bertz CT molecular complexity index is 874. The Morgan fingerprint density at radius 3 is 2.34 bits per heavy atom. The van der Waals surface area contributed by atoms with Gasteiger partial charge >= 0.3 is 6.18 Å². The van der Waals surface area contributed by atoms with Gasteiger partial charge in [0.1, 0.15) is 17.2 Å². The molecule has 1 aliphatic rings. The van der Waals surface area contributed by atoms with Crippen LogP contribution in [0.4, 0.5) is 13.2 Å². The molecule has 7 nitrogen and oxygen atoms in total. The van der Waals surface area contributed by atoms with E-state index in [0.717, 1.165) is 23.1 Å². The Hall–Kier alpha value is -2.75. The lowest BCUT2D eigenvalue weighted by molar-refractivity contribution is -0.143. The highest BCUT2D eigenvalue weighted by Crippen LogP contribution is 2.30. The average Bonchev–Trinajstić information content (AvgIpc) is 3.10. The minimum absolute atomic E-state index is 0.192. The molecule has 158 valence electrons. The normalized spacial score (nSPS) is 15.4. The number of aryl methyl sites for hydroxylation is 1. The van der Waals surface area contributed by atoms with Gasteiger partial charge < -0.3 is 14.4 Å². The predicted molar refractivity (Wildman–Crippen MR) is 98.9 cm³/mol. The first-order valence-corrected chi connectivity index (χ1v) is 9.06. The molecule has 0 N–H and O–H groups in total. The molecule has 10 heteroatoms. The molecule has 0 radical (unpaired) electrons. The van der Waals surface area contributed by atoms with E-state index in [2.05, 4.69) is 10.00 Å². The Morgan fingerprint density at radius 1 is 1.10 bits per heavy atom. The summed E-state index contributed by atoms with van der Waals surface area (Å²) in [5.41, 5.74) is -0.168. The molecular formula is C19H23F3N4O3. The SMILES string of the molecule is COc1ccc(OC)c(CN2CCN(C(=O)c3cc(C(F)(F)F)n(C)n3)CC2)c1. The number of aromatic nitrogens is 2. The average molecular weight is 412 g/mol. The van der Waals surface area contributed by atoms with Gasteiger partial charge in [0.05, 0.1) is 14.2 Å². The fraction of sp³-hybridized carbons (Fsp3) is 0.474. The zero-order valence-electron chi connectivity index (χ0n) is 16.5. The van der Waals surface area contributed by atoms with Gasteiger partial charge in [-0.05, 0) is 18.2 Å². The summed E-state index contributed by atoms with van der Waals surface area (Å²) in [5, 5.41) is 3.74. The number of ether oxygens (including phenoxy) is 2. The van der Waals surface area contributed by atoms with Crippen LogP contribution in [-0.4, -0.2) is 65.9 Å². The lowest BCUT2D eigenvalue weighted by atomic mass is 10.1. The first-order valence-electron chi connectivity index (χ1n) is 9.06. The molecule has 2 aromatic rings. The van der Waals surface area contributed by atoms with Crippen LogP contribution in [0.15, 0.2) is 24.3 Å². The number of carbonyl (C=O) groups excluding carboxylic acids is 1. The zero-order chi connectivity index (χ0) is 21.2. The van der Waals surface area contributed by atoms with Gasteiger partial charge in [-0.15, -0.1) is 0 Å². The van der Waals surface area contributed by atoms with Crippen molar-refractivity contribution in [2.45, 2.75) is 12.7 Å². The van der Waals surface area contributed by atoms with Crippen LogP contribution in [0.5, 0.6) is 11.5 Å². The summed E-state index contributed by atoms with van der Waals surface area (Å²) in [5.74, 6) is 0.984. The van der Waals surface area contributed by atoms with Crippen molar-refractivity contribution in [2.24, 2.45) is 7.05 Å². The molecule has 1 aromatic carbocycles. The summed E-state index contributed by atoms with van der Waals surface area (Å²) in [6.07, 6.45) is -4.55. The summed E-state index contributed by atoms with van der Waals surface area (Å²) >= 11 is 0. The Balaban J connectivity index is 1.63. The summed E-state index contributed by atoms with van der Waals surface area (Å²) in [6, 6.07) is 6.37. The van der Waals surface area contributed by atoms with E-state index in [0.29, 0.717) is 37.4 Å². The van der Waals surface area contributed by atoms with Crippen molar-refractivity contribution in [3.8, 4) is 11.5 Å². The van der Waals surface area contributed by atoms with Crippen molar-refractivity contribution in [2.75, 3.05) is 40.4 Å². The number of hydrogen-bond acceptors (Lipinski definition) is 5. The van der Waals surface area contributed by atoms with Gasteiger partial charge in [0, 0.05) is 51.4 Å². The highest BCUT2D eigenvalue weighted by Gasteiger charge is 2.36. The van der Waals surface area contributed by atoms with E-state index >= 15 is 0 Å². The molecule has 0 saturated carbocycles. The quantitative estimate of drug-likeness (QED) is 0.755. The van der Waals surface area contributed by atoms with Crippen LogP contribution in [0.2, 0.25) is 0 Å². The van der Waals surface area contributed by atoms with Crippen molar-refractivity contribution in [3.05, 3.63) is 41.2 Å². The third-order valence-corrected chi connectivity index (χ3v) is 4.93. The van der Waals surface area contributed by atoms with E-state index in [1.165, 1.54) is 11.9 Å². The molecule has 0 unspecified atom stereocenters. The van der Waals surface area contributed by atoms with E-state index in [-0.39, 0.29) is 5.69 Å². The number of carbonyl (C=O) groups is 1. The smallest absolute Gasteiger partial charge is 0.433 e. The predicted octanol–water partition coefficient (Wildman–Crippen LogP) is 2.41. The van der Waals surface area contributed by atoms with Crippen molar-refractivity contribution >= 4 is 5.91 Å². The van der Waals surface area contributed by atoms with Gasteiger partial charge in [0.2, 0.25) is 0 Å². The number of benzene rings is 1. The number of amides is 1. The second kappa shape index (κ2) is 8.32. The maximum atomic E-state index is 12.9. The third-order valence-electron chi connectivity index (χ3n) is 4.93. The van der Waals surface area contributed by atoms with Gasteiger partial charge in [-0.2, -0.15) is 18.3 Å². The maximum absolute atomic E-state index is 12.9. The fourth-order valence-electron chi connectivity index (χ4n) is 3.35. The van der Waals surface area contributed by atoms with E-state index < -0.39 is 17.8 Å². The highest BCUT2D eigenvalue weighted by molar-refractivity contribution is 5.92. The van der Waals surface area contributed by atoms with Gasteiger partial charge in [-0.1, -0.05) is 0 Å². The largest absolute Gasteiger partial charge is 0.497 e. The number of piperazine rings is 1.